The van der Waals surface area contributed by atoms with Crippen molar-refractivity contribution in [2.45, 2.75) is 18.9 Å². The van der Waals surface area contributed by atoms with Crippen LogP contribution in [-0.4, -0.2) is 52.7 Å². The minimum atomic E-state index is -0.240. The third-order valence-corrected chi connectivity index (χ3v) is 4.17. The van der Waals surface area contributed by atoms with Gasteiger partial charge in [-0.2, -0.15) is 5.10 Å². The summed E-state index contributed by atoms with van der Waals surface area (Å²) >= 11 is 0. The molecule has 0 radical (unpaired) electrons. The molecule has 0 aliphatic carbocycles. The Morgan fingerprint density at radius 3 is 2.71 bits per heavy atom. The Hall–Kier alpha value is -2.67. The zero-order valence-electron chi connectivity index (χ0n) is 13.6. The first-order chi connectivity index (χ1) is 11.6. The molecule has 7 nitrogen and oxygen atoms in total. The number of nitrogens with one attached hydrogen (secondary N) is 2. The molecule has 1 aromatic carbocycles. The first kappa shape index (κ1) is 16.2. The van der Waals surface area contributed by atoms with Gasteiger partial charge in [0.2, 0.25) is 11.8 Å². The normalized spacial score (nSPS) is 17.6. The second-order valence-corrected chi connectivity index (χ2v) is 5.90. The van der Waals surface area contributed by atoms with Gasteiger partial charge in [0.05, 0.1) is 18.3 Å². The van der Waals surface area contributed by atoms with Crippen LogP contribution in [-0.2, 0) is 9.59 Å². The molecule has 1 aromatic heterocycles. The molecule has 2 aromatic rings. The van der Waals surface area contributed by atoms with Crippen molar-refractivity contribution in [3.8, 4) is 5.69 Å². The highest BCUT2D eigenvalue weighted by Crippen LogP contribution is 2.14. The summed E-state index contributed by atoms with van der Waals surface area (Å²) in [6, 6.07) is 9.08. The molecule has 3 rings (SSSR count). The van der Waals surface area contributed by atoms with Gasteiger partial charge >= 0.3 is 0 Å². The van der Waals surface area contributed by atoms with Crippen molar-refractivity contribution in [3.63, 3.8) is 0 Å². The average Bonchev–Trinajstić information content (AvgIpc) is 3.25. The second-order valence-electron chi connectivity index (χ2n) is 5.90. The van der Waals surface area contributed by atoms with E-state index >= 15 is 0 Å². The Morgan fingerprint density at radius 1 is 1.29 bits per heavy atom. The summed E-state index contributed by atoms with van der Waals surface area (Å²) in [4.78, 5) is 26.0. The van der Waals surface area contributed by atoms with E-state index in [1.54, 1.807) is 10.9 Å². The summed E-state index contributed by atoms with van der Waals surface area (Å²) in [5, 5.41) is 9.62. The van der Waals surface area contributed by atoms with Gasteiger partial charge < -0.3 is 10.6 Å². The van der Waals surface area contributed by atoms with Crippen molar-refractivity contribution in [3.05, 3.63) is 42.7 Å². The van der Waals surface area contributed by atoms with Gasteiger partial charge in [-0.3, -0.25) is 14.5 Å². The van der Waals surface area contributed by atoms with Crippen LogP contribution in [0, 0.1) is 0 Å². The van der Waals surface area contributed by atoms with E-state index in [-0.39, 0.29) is 24.4 Å². The number of likely N-dealkylation sites (N-methyl/N-ethyl adjacent to an activating group) is 1. The van der Waals surface area contributed by atoms with Gasteiger partial charge in [-0.15, -0.1) is 0 Å². The zero-order valence-corrected chi connectivity index (χ0v) is 13.6. The lowest BCUT2D eigenvalue weighted by Gasteiger charge is -2.18. The number of rotatable bonds is 5. The number of aromatic nitrogens is 2. The molecule has 0 saturated carbocycles. The van der Waals surface area contributed by atoms with Crippen LogP contribution in [0.4, 0.5) is 5.69 Å². The molecule has 1 unspecified atom stereocenters. The molecule has 126 valence electrons. The number of nitrogens with zero attached hydrogens (tertiary/aromatic N) is 3. The predicted octanol–water partition coefficient (Wildman–Crippen LogP) is 1.02. The summed E-state index contributed by atoms with van der Waals surface area (Å²) in [7, 11) is 1.93. The van der Waals surface area contributed by atoms with Crippen molar-refractivity contribution in [2.75, 3.05) is 25.5 Å². The molecular weight excluding hydrogens is 306 g/mol. The van der Waals surface area contributed by atoms with Gasteiger partial charge in [0.15, 0.2) is 0 Å². The SMILES string of the molecule is CN1CCCC1C(=O)NCC(=O)Nc1ccc(-n2cccn2)cc1. The number of benzene rings is 1. The summed E-state index contributed by atoms with van der Waals surface area (Å²) in [6.45, 7) is 0.900. The van der Waals surface area contributed by atoms with Crippen LogP contribution in [0.2, 0.25) is 0 Å². The van der Waals surface area contributed by atoms with E-state index in [2.05, 4.69) is 15.7 Å². The largest absolute Gasteiger partial charge is 0.346 e. The number of hydrogen-bond acceptors (Lipinski definition) is 4. The van der Waals surface area contributed by atoms with Crippen molar-refractivity contribution in [2.24, 2.45) is 0 Å². The molecule has 2 heterocycles. The van der Waals surface area contributed by atoms with Crippen molar-refractivity contribution >= 4 is 17.5 Å². The Labute approximate surface area is 140 Å². The van der Waals surface area contributed by atoms with E-state index in [1.807, 2.05) is 48.5 Å². The van der Waals surface area contributed by atoms with Crippen LogP contribution < -0.4 is 10.6 Å². The average molecular weight is 327 g/mol. The number of anilines is 1. The van der Waals surface area contributed by atoms with Gasteiger partial charge in [0.25, 0.3) is 0 Å². The standard InChI is InChI=1S/C17H21N5O2/c1-21-10-2-4-15(21)17(24)18-12-16(23)20-13-5-7-14(8-6-13)22-11-3-9-19-22/h3,5-9,11,15H,2,4,10,12H2,1H3,(H,18,24)(H,20,23). The fourth-order valence-corrected chi connectivity index (χ4v) is 2.85. The Bertz CT molecular complexity index is 696. The van der Waals surface area contributed by atoms with E-state index in [0.717, 1.165) is 25.1 Å². The molecular formula is C17H21N5O2. The van der Waals surface area contributed by atoms with Crippen LogP contribution in [0.15, 0.2) is 42.7 Å². The van der Waals surface area contributed by atoms with Crippen molar-refractivity contribution in [1.82, 2.24) is 20.0 Å². The van der Waals surface area contributed by atoms with Crippen molar-refractivity contribution < 1.29 is 9.59 Å². The van der Waals surface area contributed by atoms with E-state index in [4.69, 9.17) is 0 Å². The van der Waals surface area contributed by atoms with Gasteiger partial charge in [-0.25, -0.2) is 4.68 Å². The summed E-state index contributed by atoms with van der Waals surface area (Å²) in [5.41, 5.74) is 1.60. The number of carbonyl (C=O) groups is 2. The molecule has 24 heavy (non-hydrogen) atoms. The van der Waals surface area contributed by atoms with Gasteiger partial charge in [-0.05, 0) is 56.8 Å². The Balaban J connectivity index is 1.49. The molecule has 1 saturated heterocycles. The highest BCUT2D eigenvalue weighted by molar-refractivity contribution is 5.95. The highest BCUT2D eigenvalue weighted by Gasteiger charge is 2.27. The third-order valence-electron chi connectivity index (χ3n) is 4.17. The maximum absolute atomic E-state index is 12.0. The zero-order chi connectivity index (χ0) is 16.9. The van der Waals surface area contributed by atoms with Gasteiger partial charge in [-0.1, -0.05) is 0 Å². The fraction of sp³-hybridized carbons (Fsp3) is 0.353. The molecule has 1 atom stereocenters. The molecule has 7 heteroatoms. The molecule has 2 amide bonds. The molecule has 1 aliphatic heterocycles. The van der Waals surface area contributed by atoms with Crippen LogP contribution in [0.3, 0.4) is 0 Å². The Kier molecular flexibility index (Phi) is 4.90. The number of hydrogen-bond donors (Lipinski definition) is 2. The highest BCUT2D eigenvalue weighted by atomic mass is 16.2. The van der Waals surface area contributed by atoms with E-state index in [1.165, 1.54) is 0 Å². The molecule has 0 bridgehead atoms. The lowest BCUT2D eigenvalue weighted by molar-refractivity contribution is -0.127. The molecule has 1 fully saturated rings. The maximum Gasteiger partial charge on any atom is 0.243 e. The van der Waals surface area contributed by atoms with Crippen LogP contribution in [0.5, 0.6) is 0 Å². The topological polar surface area (TPSA) is 79.3 Å². The van der Waals surface area contributed by atoms with Gasteiger partial charge in [0.1, 0.15) is 0 Å². The van der Waals surface area contributed by atoms with Crippen molar-refractivity contribution in [1.29, 1.82) is 0 Å². The Morgan fingerprint density at radius 2 is 2.08 bits per heavy atom. The smallest absolute Gasteiger partial charge is 0.243 e. The fourth-order valence-electron chi connectivity index (χ4n) is 2.85. The van der Waals surface area contributed by atoms with Crippen LogP contribution >= 0.6 is 0 Å². The molecule has 2 N–H and O–H groups in total. The van der Waals surface area contributed by atoms with Crippen LogP contribution in [0.25, 0.3) is 5.69 Å². The quantitative estimate of drug-likeness (QED) is 0.859. The number of amides is 2. The lowest BCUT2D eigenvalue weighted by atomic mass is 10.2. The number of carbonyl (C=O) groups excluding carboxylic acids is 2. The summed E-state index contributed by atoms with van der Waals surface area (Å²) in [5.74, 6) is -0.324. The third kappa shape index (κ3) is 3.80. The van der Waals surface area contributed by atoms with E-state index in [0.29, 0.717) is 5.69 Å². The number of likely N-dealkylation sites (tertiary alicyclic amines) is 1. The van der Waals surface area contributed by atoms with Crippen LogP contribution in [0.1, 0.15) is 12.8 Å². The first-order valence-corrected chi connectivity index (χ1v) is 8.01. The first-order valence-electron chi connectivity index (χ1n) is 8.01. The predicted molar refractivity (Wildman–Crippen MR) is 90.9 cm³/mol. The minimum Gasteiger partial charge on any atom is -0.346 e. The van der Waals surface area contributed by atoms with Gasteiger partial charge in [0, 0.05) is 18.1 Å². The summed E-state index contributed by atoms with van der Waals surface area (Å²) < 4.78 is 1.74. The van der Waals surface area contributed by atoms with E-state index < -0.39 is 0 Å². The molecule has 1 aliphatic rings. The monoisotopic (exact) mass is 327 g/mol. The lowest BCUT2D eigenvalue weighted by Crippen LogP contribution is -2.44. The second kappa shape index (κ2) is 7.27. The van der Waals surface area contributed by atoms with E-state index in [9.17, 15) is 9.59 Å². The maximum atomic E-state index is 12.0. The summed E-state index contributed by atoms with van der Waals surface area (Å²) in [6.07, 6.45) is 5.42. The minimum absolute atomic E-state index is 0.0237. The molecule has 0 spiro atoms.